The molecular weight excluding hydrogens is 340 g/mol. The summed E-state index contributed by atoms with van der Waals surface area (Å²) in [6.45, 7) is 9.30. The van der Waals surface area contributed by atoms with Gasteiger partial charge in [0.15, 0.2) is 6.10 Å². The summed E-state index contributed by atoms with van der Waals surface area (Å²) < 4.78 is 5.58. The summed E-state index contributed by atoms with van der Waals surface area (Å²) in [6.07, 6.45) is 2.95. The molecule has 0 saturated heterocycles. The van der Waals surface area contributed by atoms with E-state index in [0.717, 1.165) is 53.4 Å². The number of esters is 1. The molecule has 1 aliphatic rings. The summed E-state index contributed by atoms with van der Waals surface area (Å²) in [5, 5.41) is 3.67. The van der Waals surface area contributed by atoms with E-state index in [9.17, 15) is 9.59 Å². The second-order valence-corrected chi connectivity index (χ2v) is 8.43. The number of pyridine rings is 1. The van der Waals surface area contributed by atoms with Crippen LogP contribution in [0.15, 0.2) is 18.2 Å². The van der Waals surface area contributed by atoms with Gasteiger partial charge in [0.2, 0.25) is 0 Å². The Balaban J connectivity index is 1.98. The van der Waals surface area contributed by atoms with Gasteiger partial charge < -0.3 is 10.1 Å². The number of carbonyl (C=O) groups is 2. The van der Waals surface area contributed by atoms with Crippen molar-refractivity contribution in [3.63, 3.8) is 0 Å². The molecule has 1 N–H and O–H groups in total. The van der Waals surface area contributed by atoms with Crippen LogP contribution < -0.4 is 5.32 Å². The molecule has 0 bridgehead atoms. The van der Waals surface area contributed by atoms with Crippen molar-refractivity contribution in [2.45, 2.75) is 71.9 Å². The highest BCUT2D eigenvalue weighted by Gasteiger charge is 2.27. The average molecular weight is 368 g/mol. The van der Waals surface area contributed by atoms with E-state index in [1.807, 2.05) is 45.9 Å². The third-order valence-electron chi connectivity index (χ3n) is 4.77. The number of nitrogens with zero attached hydrogens (tertiary/aromatic N) is 1. The van der Waals surface area contributed by atoms with Crippen molar-refractivity contribution in [2.75, 3.05) is 0 Å². The van der Waals surface area contributed by atoms with Crippen LogP contribution in [0.2, 0.25) is 0 Å². The molecule has 5 nitrogen and oxygen atoms in total. The van der Waals surface area contributed by atoms with Crippen LogP contribution in [0.4, 0.5) is 0 Å². The van der Waals surface area contributed by atoms with Gasteiger partial charge in [-0.05, 0) is 78.0 Å². The van der Waals surface area contributed by atoms with Crippen molar-refractivity contribution >= 4 is 22.8 Å². The fourth-order valence-electron chi connectivity index (χ4n) is 3.52. The molecule has 144 valence electrons. The molecule has 0 fully saturated rings. The highest BCUT2D eigenvalue weighted by Crippen LogP contribution is 2.30. The van der Waals surface area contributed by atoms with Gasteiger partial charge in [-0.1, -0.05) is 11.6 Å². The number of aryl methyl sites for hydroxylation is 2. The van der Waals surface area contributed by atoms with Crippen LogP contribution in [0.3, 0.4) is 0 Å². The number of ether oxygens (including phenoxy) is 1. The van der Waals surface area contributed by atoms with Crippen molar-refractivity contribution in [3.05, 3.63) is 40.6 Å². The molecule has 5 heteroatoms. The first-order valence-electron chi connectivity index (χ1n) is 9.61. The zero-order valence-electron chi connectivity index (χ0n) is 16.8. The molecule has 0 saturated carbocycles. The van der Waals surface area contributed by atoms with Gasteiger partial charge in [-0.3, -0.25) is 9.78 Å². The molecule has 0 aliphatic heterocycles. The van der Waals surface area contributed by atoms with Crippen LogP contribution in [-0.4, -0.2) is 28.5 Å². The van der Waals surface area contributed by atoms with Crippen molar-refractivity contribution in [3.8, 4) is 0 Å². The number of nitrogens with one attached hydrogen (secondary N) is 1. The monoisotopic (exact) mass is 368 g/mol. The minimum atomic E-state index is -0.857. The Morgan fingerprint density at radius 3 is 2.59 bits per heavy atom. The Morgan fingerprint density at radius 2 is 1.89 bits per heavy atom. The summed E-state index contributed by atoms with van der Waals surface area (Å²) in [4.78, 5) is 30.2. The van der Waals surface area contributed by atoms with E-state index in [4.69, 9.17) is 9.72 Å². The summed E-state index contributed by atoms with van der Waals surface area (Å²) in [5.41, 5.74) is 4.03. The highest BCUT2D eigenvalue weighted by molar-refractivity contribution is 6.06. The summed E-state index contributed by atoms with van der Waals surface area (Å²) in [6, 6.07) is 5.93. The zero-order valence-corrected chi connectivity index (χ0v) is 16.8. The van der Waals surface area contributed by atoms with Crippen LogP contribution >= 0.6 is 0 Å². The van der Waals surface area contributed by atoms with Gasteiger partial charge in [0, 0.05) is 16.6 Å². The molecule has 1 aliphatic carbocycles. The van der Waals surface area contributed by atoms with E-state index in [0.29, 0.717) is 5.56 Å². The number of benzene rings is 1. The van der Waals surface area contributed by atoms with Gasteiger partial charge in [-0.15, -0.1) is 0 Å². The number of rotatable bonds is 3. The number of hydrogen-bond donors (Lipinski definition) is 1. The first-order valence-corrected chi connectivity index (χ1v) is 9.61. The molecule has 0 spiro atoms. The third-order valence-corrected chi connectivity index (χ3v) is 4.77. The number of fused-ring (bicyclic) bond motifs is 2. The SMILES string of the molecule is Cc1ccc2nc3c(c(C(=O)O[C@@H](C)C(=O)NC(C)(C)C)c2c1)CCCC3. The fraction of sp³-hybridized carbons (Fsp3) is 0.500. The highest BCUT2D eigenvalue weighted by atomic mass is 16.5. The maximum absolute atomic E-state index is 13.1. The summed E-state index contributed by atoms with van der Waals surface area (Å²) in [7, 11) is 0. The van der Waals surface area contributed by atoms with Gasteiger partial charge in [0.1, 0.15) is 0 Å². The van der Waals surface area contributed by atoms with Crippen LogP contribution in [0.5, 0.6) is 0 Å². The van der Waals surface area contributed by atoms with Crippen LogP contribution in [-0.2, 0) is 22.4 Å². The Bertz CT molecular complexity index is 897. The van der Waals surface area contributed by atoms with Gasteiger partial charge in [0.05, 0.1) is 11.1 Å². The molecule has 0 unspecified atom stereocenters. The molecule has 1 heterocycles. The lowest BCUT2D eigenvalue weighted by Gasteiger charge is -2.24. The minimum absolute atomic E-state index is 0.292. The van der Waals surface area contributed by atoms with E-state index in [2.05, 4.69) is 5.32 Å². The lowest BCUT2D eigenvalue weighted by Crippen LogP contribution is -2.46. The molecule has 3 rings (SSSR count). The third kappa shape index (κ3) is 4.29. The molecule has 1 atom stereocenters. The second-order valence-electron chi connectivity index (χ2n) is 8.43. The van der Waals surface area contributed by atoms with E-state index in [1.165, 1.54) is 0 Å². The molecule has 0 radical (unpaired) electrons. The van der Waals surface area contributed by atoms with E-state index >= 15 is 0 Å². The van der Waals surface area contributed by atoms with E-state index in [1.54, 1.807) is 6.92 Å². The molecule has 27 heavy (non-hydrogen) atoms. The summed E-state index contributed by atoms with van der Waals surface area (Å²) >= 11 is 0. The predicted molar refractivity (Wildman–Crippen MR) is 106 cm³/mol. The van der Waals surface area contributed by atoms with Gasteiger partial charge >= 0.3 is 5.97 Å². The standard InChI is InChI=1S/C22H28N2O3/c1-13-10-11-18-16(12-13)19(15-8-6-7-9-17(15)23-18)21(26)27-14(2)20(25)24-22(3,4)5/h10-12,14H,6-9H2,1-5H3,(H,24,25)/t14-/m0/s1. The molecule has 1 aromatic heterocycles. The quantitative estimate of drug-likeness (QED) is 0.835. The lowest BCUT2D eigenvalue weighted by molar-refractivity contribution is -0.130. The maximum Gasteiger partial charge on any atom is 0.339 e. The van der Waals surface area contributed by atoms with Crippen LogP contribution in [0.1, 0.15) is 67.7 Å². The Labute approximate surface area is 160 Å². The first-order chi connectivity index (χ1) is 12.7. The largest absolute Gasteiger partial charge is 0.449 e. The molecule has 2 aromatic rings. The van der Waals surface area contributed by atoms with Crippen molar-refractivity contribution in [2.24, 2.45) is 0 Å². The molecule has 1 aromatic carbocycles. The zero-order chi connectivity index (χ0) is 19.8. The number of amides is 1. The lowest BCUT2D eigenvalue weighted by atomic mass is 9.89. The topological polar surface area (TPSA) is 68.3 Å². The minimum Gasteiger partial charge on any atom is -0.449 e. The Hall–Kier alpha value is -2.43. The van der Waals surface area contributed by atoms with Crippen LogP contribution in [0, 0.1) is 6.92 Å². The smallest absolute Gasteiger partial charge is 0.339 e. The predicted octanol–water partition coefficient (Wildman–Crippen LogP) is 3.88. The van der Waals surface area contributed by atoms with Gasteiger partial charge in [0.25, 0.3) is 5.91 Å². The van der Waals surface area contributed by atoms with Crippen molar-refractivity contribution in [1.29, 1.82) is 0 Å². The van der Waals surface area contributed by atoms with E-state index < -0.39 is 12.1 Å². The van der Waals surface area contributed by atoms with Gasteiger partial charge in [-0.25, -0.2) is 4.79 Å². The molecular formula is C22H28N2O3. The number of carbonyl (C=O) groups excluding carboxylic acids is 2. The van der Waals surface area contributed by atoms with Crippen molar-refractivity contribution in [1.82, 2.24) is 10.3 Å². The van der Waals surface area contributed by atoms with Gasteiger partial charge in [-0.2, -0.15) is 0 Å². The first kappa shape index (κ1) is 19.3. The van der Waals surface area contributed by atoms with Crippen molar-refractivity contribution < 1.29 is 14.3 Å². The average Bonchev–Trinajstić information content (AvgIpc) is 2.58. The Kier molecular flexibility index (Phi) is 5.22. The summed E-state index contributed by atoms with van der Waals surface area (Å²) in [5.74, 6) is -0.734. The maximum atomic E-state index is 13.1. The molecule has 1 amide bonds. The normalized spacial score (nSPS) is 15.1. The van der Waals surface area contributed by atoms with E-state index in [-0.39, 0.29) is 11.4 Å². The number of hydrogen-bond acceptors (Lipinski definition) is 4. The fourth-order valence-corrected chi connectivity index (χ4v) is 3.52. The second kappa shape index (κ2) is 7.29. The van der Waals surface area contributed by atoms with Crippen LogP contribution in [0.25, 0.3) is 10.9 Å². The Morgan fingerprint density at radius 1 is 1.19 bits per heavy atom. The number of aromatic nitrogens is 1.